The van der Waals surface area contributed by atoms with Crippen LogP contribution in [0.4, 0.5) is 11.4 Å². The Balaban J connectivity index is 1.14. The van der Waals surface area contributed by atoms with Crippen LogP contribution in [0.15, 0.2) is 200 Å². The predicted molar refractivity (Wildman–Crippen MR) is 212 cm³/mol. The second kappa shape index (κ2) is 12.8. The minimum Gasteiger partial charge on any atom is -0.355 e. The van der Waals surface area contributed by atoms with E-state index in [9.17, 15) is 0 Å². The summed E-state index contributed by atoms with van der Waals surface area (Å²) in [5.41, 5.74) is 15.2. The zero-order valence-electron chi connectivity index (χ0n) is 27.5. The van der Waals surface area contributed by atoms with E-state index in [1.807, 2.05) is 0 Å². The Labute approximate surface area is 292 Å². The van der Waals surface area contributed by atoms with Gasteiger partial charge in [0.05, 0.1) is 11.0 Å². The van der Waals surface area contributed by atoms with Crippen LogP contribution in [0.3, 0.4) is 0 Å². The van der Waals surface area contributed by atoms with E-state index in [0.717, 1.165) is 22.5 Å². The first-order valence-corrected chi connectivity index (χ1v) is 17.1. The Hall–Kier alpha value is -6.64. The lowest BCUT2D eigenvalue weighted by molar-refractivity contribution is 1.18. The van der Waals surface area contributed by atoms with Gasteiger partial charge in [-0.2, -0.15) is 0 Å². The summed E-state index contributed by atoms with van der Waals surface area (Å²) in [5.74, 6) is 0. The van der Waals surface area contributed by atoms with Gasteiger partial charge < -0.3 is 9.88 Å². The smallest absolute Gasteiger partial charge is 0.0541 e. The molecule has 0 aliphatic heterocycles. The Bertz CT molecular complexity index is 2570. The lowest BCUT2D eigenvalue weighted by atomic mass is 9.95. The fraction of sp³-hybridized carbons (Fsp3) is 0. The van der Waals surface area contributed by atoms with E-state index in [1.54, 1.807) is 0 Å². The van der Waals surface area contributed by atoms with Crippen LogP contribution >= 0.6 is 0 Å². The molecular formula is C48H34N2. The lowest BCUT2D eigenvalue weighted by Crippen LogP contribution is -1.95. The molecule has 0 amide bonds. The highest BCUT2D eigenvalue weighted by Crippen LogP contribution is 2.39. The number of hydrogen-bond acceptors (Lipinski definition) is 1. The van der Waals surface area contributed by atoms with E-state index in [-0.39, 0.29) is 0 Å². The van der Waals surface area contributed by atoms with Gasteiger partial charge >= 0.3 is 0 Å². The maximum Gasteiger partial charge on any atom is 0.0541 e. The van der Waals surface area contributed by atoms with E-state index >= 15 is 0 Å². The van der Waals surface area contributed by atoms with Gasteiger partial charge in [-0.05, 0) is 93.5 Å². The molecule has 8 aromatic carbocycles. The van der Waals surface area contributed by atoms with Gasteiger partial charge in [-0.15, -0.1) is 0 Å². The van der Waals surface area contributed by atoms with Crippen LogP contribution in [-0.2, 0) is 0 Å². The zero-order valence-corrected chi connectivity index (χ0v) is 27.5. The number of para-hydroxylation sites is 2. The molecular weight excluding hydrogens is 605 g/mol. The quantitative estimate of drug-likeness (QED) is 0.184. The molecule has 2 heteroatoms. The number of aromatic nitrogens is 1. The van der Waals surface area contributed by atoms with Gasteiger partial charge in [0.1, 0.15) is 0 Å². The number of nitrogens with zero attached hydrogens (tertiary/aromatic N) is 1. The third kappa shape index (κ3) is 5.53. The third-order valence-electron chi connectivity index (χ3n) is 9.61. The fourth-order valence-electron chi connectivity index (χ4n) is 7.08. The molecule has 2 nitrogen and oxygen atoms in total. The molecule has 0 fully saturated rings. The van der Waals surface area contributed by atoms with Crippen LogP contribution in [0.2, 0.25) is 0 Å². The molecule has 0 aliphatic rings. The summed E-state index contributed by atoms with van der Waals surface area (Å²) >= 11 is 0. The van der Waals surface area contributed by atoms with Crippen molar-refractivity contribution in [2.45, 2.75) is 0 Å². The summed E-state index contributed by atoms with van der Waals surface area (Å²) in [6.07, 6.45) is 0. The van der Waals surface area contributed by atoms with Gasteiger partial charge in [0.25, 0.3) is 0 Å². The summed E-state index contributed by atoms with van der Waals surface area (Å²) in [6.45, 7) is 0. The molecule has 1 aromatic heterocycles. The van der Waals surface area contributed by atoms with E-state index in [0.29, 0.717) is 0 Å². The highest BCUT2D eigenvalue weighted by atomic mass is 15.0. The average Bonchev–Trinajstić information content (AvgIpc) is 3.53. The third-order valence-corrected chi connectivity index (χ3v) is 9.61. The maximum absolute atomic E-state index is 3.75. The van der Waals surface area contributed by atoms with Gasteiger partial charge in [-0.3, -0.25) is 0 Å². The Morgan fingerprint density at radius 3 is 1.48 bits per heavy atom. The van der Waals surface area contributed by atoms with Crippen molar-refractivity contribution in [3.05, 3.63) is 200 Å². The molecule has 0 aliphatic carbocycles. The van der Waals surface area contributed by atoms with Gasteiger partial charge in [-0.25, -0.2) is 0 Å². The van der Waals surface area contributed by atoms with Crippen LogP contribution in [0, 0.1) is 0 Å². The van der Waals surface area contributed by atoms with Crippen molar-refractivity contribution in [2.24, 2.45) is 0 Å². The van der Waals surface area contributed by atoms with Crippen LogP contribution in [-0.4, -0.2) is 4.57 Å². The van der Waals surface area contributed by atoms with Crippen molar-refractivity contribution in [2.75, 3.05) is 5.32 Å². The normalized spacial score (nSPS) is 11.2. The summed E-state index contributed by atoms with van der Waals surface area (Å²) in [6, 6.07) is 71.7. The first kappa shape index (κ1) is 29.5. The molecule has 9 rings (SSSR count). The SMILES string of the molecule is c1ccc(-c2ccc(Nc3ccc(-c4ccc5c(c4)c4ccccc4n5-c4ccccc4)cc3-c3ccc(-c4ccccc4)cc3)cc2)cc1. The number of rotatable bonds is 7. The van der Waals surface area contributed by atoms with Gasteiger partial charge in [0, 0.05) is 33.4 Å². The van der Waals surface area contributed by atoms with Crippen molar-refractivity contribution in [3.63, 3.8) is 0 Å². The van der Waals surface area contributed by atoms with Crippen molar-refractivity contribution >= 4 is 33.2 Å². The second-order valence-electron chi connectivity index (χ2n) is 12.7. The molecule has 0 saturated carbocycles. The topological polar surface area (TPSA) is 17.0 Å². The Kier molecular flexibility index (Phi) is 7.53. The van der Waals surface area contributed by atoms with Crippen LogP contribution in [0.1, 0.15) is 0 Å². The molecule has 0 unspecified atom stereocenters. The number of benzene rings is 8. The Morgan fingerprint density at radius 1 is 0.320 bits per heavy atom. The molecule has 0 spiro atoms. The predicted octanol–water partition coefficient (Wildman–Crippen LogP) is 13.2. The first-order valence-electron chi connectivity index (χ1n) is 17.1. The fourth-order valence-corrected chi connectivity index (χ4v) is 7.08. The molecule has 1 heterocycles. The summed E-state index contributed by atoms with van der Waals surface area (Å²) < 4.78 is 2.37. The van der Waals surface area contributed by atoms with Gasteiger partial charge in [0.15, 0.2) is 0 Å². The number of nitrogens with one attached hydrogen (secondary N) is 1. The molecule has 0 atom stereocenters. The van der Waals surface area contributed by atoms with Crippen LogP contribution < -0.4 is 5.32 Å². The molecule has 0 saturated heterocycles. The largest absolute Gasteiger partial charge is 0.355 e. The van der Waals surface area contributed by atoms with Gasteiger partial charge in [0.2, 0.25) is 0 Å². The van der Waals surface area contributed by atoms with Crippen molar-refractivity contribution in [3.8, 4) is 50.2 Å². The van der Waals surface area contributed by atoms with Crippen LogP contribution in [0.5, 0.6) is 0 Å². The monoisotopic (exact) mass is 638 g/mol. The average molecular weight is 639 g/mol. The van der Waals surface area contributed by atoms with Crippen molar-refractivity contribution in [1.29, 1.82) is 0 Å². The van der Waals surface area contributed by atoms with E-state index in [2.05, 4.69) is 210 Å². The lowest BCUT2D eigenvalue weighted by Gasteiger charge is -2.16. The minimum atomic E-state index is 1.05. The Morgan fingerprint density at radius 2 is 0.800 bits per heavy atom. The molecule has 1 N–H and O–H groups in total. The second-order valence-corrected chi connectivity index (χ2v) is 12.7. The summed E-state index contributed by atoms with van der Waals surface area (Å²) in [4.78, 5) is 0. The molecule has 0 bridgehead atoms. The zero-order chi connectivity index (χ0) is 33.3. The van der Waals surface area contributed by atoms with Gasteiger partial charge in [-0.1, -0.05) is 146 Å². The highest BCUT2D eigenvalue weighted by molar-refractivity contribution is 6.10. The molecule has 0 radical (unpaired) electrons. The van der Waals surface area contributed by atoms with Crippen LogP contribution in [0.25, 0.3) is 72.0 Å². The van der Waals surface area contributed by atoms with Crippen molar-refractivity contribution in [1.82, 2.24) is 4.57 Å². The molecule has 50 heavy (non-hydrogen) atoms. The summed E-state index contributed by atoms with van der Waals surface area (Å²) in [7, 11) is 0. The number of anilines is 2. The van der Waals surface area contributed by atoms with Crippen molar-refractivity contribution < 1.29 is 0 Å². The summed E-state index contributed by atoms with van der Waals surface area (Å²) in [5, 5.41) is 6.25. The van der Waals surface area contributed by atoms with E-state index < -0.39 is 0 Å². The standard InChI is InChI=1S/C48H34N2/c1-4-12-34(13-5-1)36-20-22-38(23-21-36)44-32-39(26-30-46(44)49-41-28-24-37(25-29-41)35-14-6-2-7-15-35)40-27-31-48-45(33-40)43-18-10-11-19-47(43)50(48)42-16-8-3-9-17-42/h1-33,49H. The van der Waals surface area contributed by atoms with E-state index in [1.165, 1.54) is 60.9 Å². The molecule has 236 valence electrons. The minimum absolute atomic E-state index is 1.05. The first-order chi connectivity index (χ1) is 24.8. The highest BCUT2D eigenvalue weighted by Gasteiger charge is 2.15. The maximum atomic E-state index is 3.75. The number of fused-ring (bicyclic) bond motifs is 3. The van der Waals surface area contributed by atoms with E-state index in [4.69, 9.17) is 0 Å². The molecule has 9 aromatic rings. The number of hydrogen-bond donors (Lipinski definition) is 1.